The first-order chi connectivity index (χ1) is 15.3. The van der Waals surface area contributed by atoms with Crippen molar-refractivity contribution in [2.24, 2.45) is 5.92 Å². The highest BCUT2D eigenvalue weighted by atomic mass is 32.2. The smallest absolute Gasteiger partial charge is 0.244 e. The fraction of sp³-hybridized carbons (Fsp3) is 0.391. The van der Waals surface area contributed by atoms with Gasteiger partial charge in [-0.3, -0.25) is 9.59 Å². The van der Waals surface area contributed by atoms with Crippen LogP contribution in [0.5, 0.6) is 0 Å². The van der Waals surface area contributed by atoms with Gasteiger partial charge in [0.2, 0.25) is 21.8 Å². The third kappa shape index (κ3) is 4.55. The SMILES string of the molecule is Cc1ccccc1NC(=O)CN1C(=O)[C@H](C)CSc2ccc(S(=O)(=O)N3CCCC3)cc21. The summed E-state index contributed by atoms with van der Waals surface area (Å²) in [6, 6.07) is 12.3. The molecule has 2 aliphatic rings. The fourth-order valence-electron chi connectivity index (χ4n) is 3.95. The van der Waals surface area contributed by atoms with Crippen LogP contribution in [0.2, 0.25) is 0 Å². The van der Waals surface area contributed by atoms with Crippen LogP contribution in [0.4, 0.5) is 11.4 Å². The third-order valence-electron chi connectivity index (χ3n) is 5.82. The molecule has 0 bridgehead atoms. The summed E-state index contributed by atoms with van der Waals surface area (Å²) in [7, 11) is -3.64. The number of para-hydroxylation sites is 1. The Morgan fingerprint density at radius 3 is 2.59 bits per heavy atom. The number of nitrogens with zero attached hydrogens (tertiary/aromatic N) is 2. The number of anilines is 2. The zero-order valence-corrected chi connectivity index (χ0v) is 19.8. The topological polar surface area (TPSA) is 86.8 Å². The second kappa shape index (κ2) is 9.25. The number of rotatable bonds is 5. The van der Waals surface area contributed by atoms with Gasteiger partial charge in [-0.05, 0) is 49.6 Å². The van der Waals surface area contributed by atoms with E-state index < -0.39 is 10.0 Å². The van der Waals surface area contributed by atoms with E-state index in [0.717, 1.165) is 23.3 Å². The van der Waals surface area contributed by atoms with E-state index in [-0.39, 0.29) is 29.2 Å². The van der Waals surface area contributed by atoms with Gasteiger partial charge in [0.25, 0.3) is 0 Å². The van der Waals surface area contributed by atoms with E-state index in [0.29, 0.717) is 30.2 Å². The molecule has 0 unspecified atom stereocenters. The van der Waals surface area contributed by atoms with Crippen molar-refractivity contribution in [3.05, 3.63) is 48.0 Å². The summed E-state index contributed by atoms with van der Waals surface area (Å²) in [4.78, 5) is 28.4. The summed E-state index contributed by atoms with van der Waals surface area (Å²) < 4.78 is 27.7. The van der Waals surface area contributed by atoms with Crippen molar-refractivity contribution in [1.29, 1.82) is 0 Å². The molecular formula is C23H27N3O4S2. The van der Waals surface area contributed by atoms with Crippen LogP contribution in [-0.2, 0) is 19.6 Å². The van der Waals surface area contributed by atoms with Gasteiger partial charge in [0, 0.05) is 35.3 Å². The number of nitrogens with one attached hydrogen (secondary N) is 1. The predicted octanol–water partition coefficient (Wildman–Crippen LogP) is 3.49. The van der Waals surface area contributed by atoms with Gasteiger partial charge < -0.3 is 10.2 Å². The highest BCUT2D eigenvalue weighted by Gasteiger charge is 2.33. The van der Waals surface area contributed by atoms with E-state index in [1.54, 1.807) is 18.2 Å². The van der Waals surface area contributed by atoms with Gasteiger partial charge >= 0.3 is 0 Å². The number of aryl methyl sites for hydroxylation is 1. The first-order valence-electron chi connectivity index (χ1n) is 10.7. The lowest BCUT2D eigenvalue weighted by atomic mass is 10.1. The summed E-state index contributed by atoms with van der Waals surface area (Å²) in [6.07, 6.45) is 1.70. The summed E-state index contributed by atoms with van der Waals surface area (Å²) in [5, 5.41) is 2.87. The molecule has 9 heteroatoms. The van der Waals surface area contributed by atoms with E-state index in [1.165, 1.54) is 21.0 Å². The molecule has 1 atom stereocenters. The number of hydrogen-bond acceptors (Lipinski definition) is 5. The molecule has 7 nitrogen and oxygen atoms in total. The van der Waals surface area contributed by atoms with Crippen LogP contribution in [0.25, 0.3) is 0 Å². The Labute approximate surface area is 193 Å². The maximum absolute atomic E-state index is 13.2. The molecule has 0 spiro atoms. The Balaban J connectivity index is 1.66. The summed E-state index contributed by atoms with van der Waals surface area (Å²) in [5.41, 5.74) is 2.09. The largest absolute Gasteiger partial charge is 0.324 e. The first-order valence-corrected chi connectivity index (χ1v) is 13.1. The lowest BCUT2D eigenvalue weighted by molar-refractivity contribution is -0.123. The number of thioether (sulfide) groups is 1. The van der Waals surface area contributed by atoms with Crippen molar-refractivity contribution in [3.8, 4) is 0 Å². The minimum Gasteiger partial charge on any atom is -0.324 e. The van der Waals surface area contributed by atoms with Gasteiger partial charge in [0.15, 0.2) is 0 Å². The van der Waals surface area contributed by atoms with Crippen LogP contribution in [0.3, 0.4) is 0 Å². The molecule has 4 rings (SSSR count). The van der Waals surface area contributed by atoms with E-state index >= 15 is 0 Å². The van der Waals surface area contributed by atoms with Gasteiger partial charge in [0.05, 0.1) is 10.6 Å². The quantitative estimate of drug-likeness (QED) is 0.718. The van der Waals surface area contributed by atoms with Crippen molar-refractivity contribution in [2.75, 3.05) is 35.6 Å². The van der Waals surface area contributed by atoms with Crippen molar-refractivity contribution in [1.82, 2.24) is 4.31 Å². The Bertz CT molecular complexity index is 1140. The summed E-state index contributed by atoms with van der Waals surface area (Å²) in [6.45, 7) is 4.56. The maximum atomic E-state index is 13.2. The highest BCUT2D eigenvalue weighted by molar-refractivity contribution is 7.99. The molecule has 0 aromatic heterocycles. The first kappa shape index (κ1) is 22.8. The van der Waals surface area contributed by atoms with Crippen molar-refractivity contribution < 1.29 is 18.0 Å². The Hall–Kier alpha value is -2.36. The van der Waals surface area contributed by atoms with Crippen molar-refractivity contribution in [2.45, 2.75) is 36.5 Å². The normalized spacial score (nSPS) is 19.5. The molecule has 0 saturated carbocycles. The molecule has 0 aliphatic carbocycles. The third-order valence-corrected chi connectivity index (χ3v) is 9.04. The predicted molar refractivity (Wildman–Crippen MR) is 126 cm³/mol. The van der Waals surface area contributed by atoms with E-state index in [2.05, 4.69) is 5.32 Å². The Morgan fingerprint density at radius 1 is 1.16 bits per heavy atom. The Morgan fingerprint density at radius 2 is 1.88 bits per heavy atom. The lowest BCUT2D eigenvalue weighted by Gasteiger charge is -2.25. The summed E-state index contributed by atoms with van der Waals surface area (Å²) in [5.74, 6) is -0.241. The average Bonchev–Trinajstić information content (AvgIpc) is 3.29. The number of benzene rings is 2. The monoisotopic (exact) mass is 473 g/mol. The molecule has 0 radical (unpaired) electrons. The maximum Gasteiger partial charge on any atom is 0.244 e. The molecule has 32 heavy (non-hydrogen) atoms. The molecular weight excluding hydrogens is 446 g/mol. The van der Waals surface area contributed by atoms with Crippen LogP contribution in [-0.4, -0.2) is 49.9 Å². The summed E-state index contributed by atoms with van der Waals surface area (Å²) >= 11 is 1.51. The molecule has 2 heterocycles. The van der Waals surface area contributed by atoms with Gasteiger partial charge in [0.1, 0.15) is 6.54 Å². The second-order valence-corrected chi connectivity index (χ2v) is 11.2. The number of amides is 2. The van der Waals surface area contributed by atoms with Gasteiger partial charge in [-0.15, -0.1) is 11.8 Å². The molecule has 1 saturated heterocycles. The standard InChI is InChI=1S/C23H27N3O4S2/c1-16-7-3-4-8-19(16)24-22(27)14-26-20-13-18(32(29,30)25-11-5-6-12-25)9-10-21(20)31-15-17(2)23(26)28/h3-4,7-10,13,17H,5-6,11-12,14-15H2,1-2H3,(H,24,27)/t17-/m1/s1. The molecule has 1 fully saturated rings. The van der Waals surface area contributed by atoms with Crippen molar-refractivity contribution >= 4 is 45.0 Å². The van der Waals surface area contributed by atoms with E-state index in [9.17, 15) is 18.0 Å². The highest BCUT2D eigenvalue weighted by Crippen LogP contribution is 2.38. The molecule has 2 aliphatic heterocycles. The Kier molecular flexibility index (Phi) is 6.60. The number of hydrogen-bond donors (Lipinski definition) is 1. The molecule has 170 valence electrons. The zero-order valence-electron chi connectivity index (χ0n) is 18.2. The second-order valence-electron chi connectivity index (χ2n) is 8.24. The molecule has 1 N–H and O–H groups in total. The van der Waals surface area contributed by atoms with Gasteiger partial charge in [-0.2, -0.15) is 4.31 Å². The molecule has 2 aromatic rings. The van der Waals surface area contributed by atoms with Crippen molar-refractivity contribution in [3.63, 3.8) is 0 Å². The minimum atomic E-state index is -3.64. The number of sulfonamides is 1. The number of fused-ring (bicyclic) bond motifs is 1. The van der Waals surface area contributed by atoms with Crippen LogP contribution in [0.1, 0.15) is 25.3 Å². The number of carbonyl (C=O) groups excluding carboxylic acids is 2. The average molecular weight is 474 g/mol. The lowest BCUT2D eigenvalue weighted by Crippen LogP contribution is -2.41. The zero-order chi connectivity index (χ0) is 22.9. The number of carbonyl (C=O) groups is 2. The minimum absolute atomic E-state index is 0.158. The van der Waals surface area contributed by atoms with Crippen LogP contribution >= 0.6 is 11.8 Å². The van der Waals surface area contributed by atoms with E-state index in [1.807, 2.05) is 38.1 Å². The van der Waals surface area contributed by atoms with Crippen LogP contribution < -0.4 is 10.2 Å². The van der Waals surface area contributed by atoms with Crippen LogP contribution in [0, 0.1) is 12.8 Å². The fourth-order valence-corrected chi connectivity index (χ4v) is 6.54. The van der Waals surface area contributed by atoms with Crippen LogP contribution in [0.15, 0.2) is 52.3 Å². The molecule has 2 aromatic carbocycles. The van der Waals surface area contributed by atoms with Gasteiger partial charge in [-0.25, -0.2) is 8.42 Å². The van der Waals surface area contributed by atoms with Gasteiger partial charge in [-0.1, -0.05) is 25.1 Å². The van der Waals surface area contributed by atoms with E-state index in [4.69, 9.17) is 0 Å². The molecule has 2 amide bonds.